The highest BCUT2D eigenvalue weighted by atomic mass is 16.2. The molecule has 0 bridgehead atoms. The lowest BCUT2D eigenvalue weighted by atomic mass is 10.2. The SMILES string of the molecule is CCC(N)Cn1ccn(C)c(=O)c1=O. The fourth-order valence-corrected chi connectivity index (χ4v) is 1.12. The van der Waals surface area contributed by atoms with Crippen molar-refractivity contribution in [3.63, 3.8) is 0 Å². The Morgan fingerprint density at radius 1 is 1.36 bits per heavy atom. The van der Waals surface area contributed by atoms with E-state index in [1.165, 1.54) is 9.13 Å². The van der Waals surface area contributed by atoms with Gasteiger partial charge >= 0.3 is 11.1 Å². The summed E-state index contributed by atoms with van der Waals surface area (Å²) in [7, 11) is 1.55. The topological polar surface area (TPSA) is 70.0 Å². The molecule has 1 aromatic heterocycles. The highest BCUT2D eigenvalue weighted by molar-refractivity contribution is 4.85. The van der Waals surface area contributed by atoms with Crippen molar-refractivity contribution in [3.05, 3.63) is 33.1 Å². The average molecular weight is 197 g/mol. The van der Waals surface area contributed by atoms with Crippen molar-refractivity contribution in [2.75, 3.05) is 0 Å². The van der Waals surface area contributed by atoms with Crippen LogP contribution in [0.3, 0.4) is 0 Å². The second kappa shape index (κ2) is 4.23. The molecular weight excluding hydrogens is 182 g/mol. The molecule has 0 aliphatic carbocycles. The van der Waals surface area contributed by atoms with Crippen molar-refractivity contribution >= 4 is 0 Å². The van der Waals surface area contributed by atoms with E-state index in [1.54, 1.807) is 19.4 Å². The summed E-state index contributed by atoms with van der Waals surface area (Å²) in [6.45, 7) is 2.34. The summed E-state index contributed by atoms with van der Waals surface area (Å²) < 4.78 is 2.62. The maximum atomic E-state index is 11.4. The molecule has 0 saturated carbocycles. The number of rotatable bonds is 3. The molecule has 0 radical (unpaired) electrons. The fraction of sp³-hybridized carbons (Fsp3) is 0.556. The number of nitrogens with two attached hydrogens (primary N) is 1. The largest absolute Gasteiger partial charge is 0.326 e. The van der Waals surface area contributed by atoms with Crippen LogP contribution in [0.15, 0.2) is 22.0 Å². The van der Waals surface area contributed by atoms with E-state index in [2.05, 4.69) is 0 Å². The fourth-order valence-electron chi connectivity index (χ4n) is 1.12. The van der Waals surface area contributed by atoms with Crippen LogP contribution in [0.1, 0.15) is 13.3 Å². The molecule has 0 aliphatic rings. The van der Waals surface area contributed by atoms with Crippen LogP contribution in [0, 0.1) is 0 Å². The van der Waals surface area contributed by atoms with Crippen molar-refractivity contribution in [3.8, 4) is 0 Å². The third kappa shape index (κ3) is 2.11. The van der Waals surface area contributed by atoms with Crippen molar-refractivity contribution in [2.24, 2.45) is 12.8 Å². The van der Waals surface area contributed by atoms with Crippen LogP contribution >= 0.6 is 0 Å². The van der Waals surface area contributed by atoms with Crippen LogP contribution in [0.2, 0.25) is 0 Å². The van der Waals surface area contributed by atoms with E-state index in [4.69, 9.17) is 5.73 Å². The first-order valence-corrected chi connectivity index (χ1v) is 4.58. The summed E-state index contributed by atoms with van der Waals surface area (Å²) in [6, 6.07) is -0.0835. The third-order valence-electron chi connectivity index (χ3n) is 2.19. The van der Waals surface area contributed by atoms with Crippen LogP contribution in [0.4, 0.5) is 0 Å². The van der Waals surface area contributed by atoms with Crippen molar-refractivity contribution in [1.82, 2.24) is 9.13 Å². The van der Waals surface area contributed by atoms with Gasteiger partial charge in [0.2, 0.25) is 0 Å². The number of aromatic nitrogens is 2. The lowest BCUT2D eigenvalue weighted by Gasteiger charge is -2.10. The monoisotopic (exact) mass is 197 g/mol. The van der Waals surface area contributed by atoms with E-state index in [1.807, 2.05) is 6.92 Å². The van der Waals surface area contributed by atoms with Gasteiger partial charge in [-0.3, -0.25) is 9.59 Å². The van der Waals surface area contributed by atoms with Gasteiger partial charge in [-0.1, -0.05) is 6.92 Å². The first-order valence-electron chi connectivity index (χ1n) is 4.58. The lowest BCUT2D eigenvalue weighted by molar-refractivity contribution is 0.517. The molecule has 78 valence electrons. The minimum absolute atomic E-state index is 0.0835. The number of nitrogens with zero attached hydrogens (tertiary/aromatic N) is 2. The summed E-state index contributed by atoms with van der Waals surface area (Å²) in [6.07, 6.45) is 3.92. The second-order valence-corrected chi connectivity index (χ2v) is 3.34. The molecule has 5 heteroatoms. The Morgan fingerprint density at radius 3 is 2.57 bits per heavy atom. The first-order chi connectivity index (χ1) is 6.56. The third-order valence-corrected chi connectivity index (χ3v) is 2.19. The quantitative estimate of drug-likeness (QED) is 0.650. The Hall–Kier alpha value is -1.36. The van der Waals surface area contributed by atoms with Crippen molar-refractivity contribution < 1.29 is 0 Å². The minimum Gasteiger partial charge on any atom is -0.326 e. The van der Waals surface area contributed by atoms with E-state index in [-0.39, 0.29) is 6.04 Å². The smallest absolute Gasteiger partial charge is 0.316 e. The molecule has 0 spiro atoms. The van der Waals surface area contributed by atoms with Gasteiger partial charge in [0.05, 0.1) is 0 Å². The molecular formula is C9H15N3O2. The van der Waals surface area contributed by atoms with E-state index in [9.17, 15) is 9.59 Å². The van der Waals surface area contributed by atoms with E-state index >= 15 is 0 Å². The predicted octanol–water partition coefficient (Wildman–Crippen LogP) is -0.716. The van der Waals surface area contributed by atoms with Crippen LogP contribution in [-0.2, 0) is 13.6 Å². The summed E-state index contributed by atoms with van der Waals surface area (Å²) in [4.78, 5) is 22.7. The zero-order chi connectivity index (χ0) is 10.7. The van der Waals surface area contributed by atoms with Crippen LogP contribution < -0.4 is 16.9 Å². The summed E-state index contributed by atoms with van der Waals surface area (Å²) in [5.74, 6) is 0. The van der Waals surface area contributed by atoms with Gasteiger partial charge < -0.3 is 14.9 Å². The zero-order valence-corrected chi connectivity index (χ0v) is 8.43. The minimum atomic E-state index is -0.518. The first kappa shape index (κ1) is 10.7. The highest BCUT2D eigenvalue weighted by Gasteiger charge is 2.05. The number of hydrogen-bond acceptors (Lipinski definition) is 3. The van der Waals surface area contributed by atoms with Crippen LogP contribution in [0.25, 0.3) is 0 Å². The average Bonchev–Trinajstić information content (AvgIpc) is 2.19. The number of aryl methyl sites for hydroxylation is 1. The molecule has 0 aliphatic heterocycles. The highest BCUT2D eigenvalue weighted by Crippen LogP contribution is 1.89. The van der Waals surface area contributed by atoms with Gasteiger partial charge in [-0.15, -0.1) is 0 Å². The Labute approximate surface area is 81.8 Å². The number of hydrogen-bond donors (Lipinski definition) is 1. The summed E-state index contributed by atoms with van der Waals surface area (Å²) in [5.41, 5.74) is 4.66. The van der Waals surface area contributed by atoms with Gasteiger partial charge in [0.25, 0.3) is 0 Å². The van der Waals surface area contributed by atoms with Gasteiger partial charge in [-0.05, 0) is 6.42 Å². The molecule has 14 heavy (non-hydrogen) atoms. The molecule has 0 aromatic carbocycles. The van der Waals surface area contributed by atoms with E-state index in [0.717, 1.165) is 6.42 Å². The molecule has 0 fully saturated rings. The molecule has 5 nitrogen and oxygen atoms in total. The lowest BCUT2D eigenvalue weighted by Crippen LogP contribution is -2.42. The molecule has 2 N–H and O–H groups in total. The predicted molar refractivity (Wildman–Crippen MR) is 54.2 cm³/mol. The van der Waals surface area contributed by atoms with Gasteiger partial charge in [0.1, 0.15) is 0 Å². The zero-order valence-electron chi connectivity index (χ0n) is 8.43. The molecule has 0 amide bonds. The molecule has 0 saturated heterocycles. The second-order valence-electron chi connectivity index (χ2n) is 3.34. The molecule has 1 rings (SSSR count). The molecule has 1 heterocycles. The van der Waals surface area contributed by atoms with Gasteiger partial charge in [-0.25, -0.2) is 0 Å². The summed E-state index contributed by atoms with van der Waals surface area (Å²) in [5, 5.41) is 0. The van der Waals surface area contributed by atoms with Crippen molar-refractivity contribution in [2.45, 2.75) is 25.9 Å². The van der Waals surface area contributed by atoms with E-state index < -0.39 is 11.1 Å². The van der Waals surface area contributed by atoms with E-state index in [0.29, 0.717) is 6.54 Å². The Kier molecular flexibility index (Phi) is 3.24. The van der Waals surface area contributed by atoms with Crippen LogP contribution in [-0.4, -0.2) is 15.2 Å². The maximum Gasteiger partial charge on any atom is 0.316 e. The molecule has 1 aromatic rings. The Bertz CT molecular complexity index is 419. The van der Waals surface area contributed by atoms with Gasteiger partial charge in [0, 0.05) is 32.0 Å². The van der Waals surface area contributed by atoms with Gasteiger partial charge in [0.15, 0.2) is 0 Å². The van der Waals surface area contributed by atoms with Crippen molar-refractivity contribution in [1.29, 1.82) is 0 Å². The molecule has 1 atom stereocenters. The summed E-state index contributed by atoms with van der Waals surface area (Å²) >= 11 is 0. The maximum absolute atomic E-state index is 11.4. The van der Waals surface area contributed by atoms with Gasteiger partial charge in [-0.2, -0.15) is 0 Å². The normalized spacial score (nSPS) is 12.8. The Morgan fingerprint density at radius 2 is 2.00 bits per heavy atom. The Balaban J connectivity index is 3.07. The van der Waals surface area contributed by atoms with Crippen LogP contribution in [0.5, 0.6) is 0 Å². The molecule has 1 unspecified atom stereocenters. The standard InChI is InChI=1S/C9H15N3O2/c1-3-7(10)6-12-5-4-11(2)8(13)9(12)14/h4-5,7H,3,6,10H2,1-2H3.